The molecule has 0 fully saturated rings. The molecule has 0 bridgehead atoms. The maximum Gasteiger partial charge on any atom is 0.161 e. The molecular formula is C16H17FO3S. The molecular weight excluding hydrogens is 291 g/mol. The zero-order valence-electron chi connectivity index (χ0n) is 11.7. The third kappa shape index (κ3) is 3.89. The average molecular weight is 308 g/mol. The molecule has 0 saturated heterocycles. The van der Waals surface area contributed by atoms with Gasteiger partial charge in [-0.05, 0) is 35.7 Å². The van der Waals surface area contributed by atoms with E-state index in [4.69, 9.17) is 5.11 Å². The number of benzene rings is 2. The standard InChI is InChI=1S/C16H17FO3S/c1-12(15-6-8-16(17)9-7-15)21(19,20)11-14-4-2-13(10-18)3-5-14/h2-9,12,18H,10-11H2,1H3. The Morgan fingerprint density at radius 1 is 1.00 bits per heavy atom. The second kappa shape index (κ2) is 6.37. The van der Waals surface area contributed by atoms with Crippen LogP contribution in [0, 0.1) is 5.82 Å². The van der Waals surface area contributed by atoms with Gasteiger partial charge in [0.2, 0.25) is 0 Å². The van der Waals surface area contributed by atoms with E-state index in [0.29, 0.717) is 11.1 Å². The number of aliphatic hydroxyl groups is 1. The Labute approximate surface area is 124 Å². The number of sulfone groups is 1. The topological polar surface area (TPSA) is 54.4 Å². The van der Waals surface area contributed by atoms with Gasteiger partial charge in [0.25, 0.3) is 0 Å². The van der Waals surface area contributed by atoms with Gasteiger partial charge in [-0.25, -0.2) is 12.8 Å². The third-order valence-corrected chi connectivity index (χ3v) is 5.54. The summed E-state index contributed by atoms with van der Waals surface area (Å²) in [6.45, 7) is 1.53. The molecule has 0 spiro atoms. The lowest BCUT2D eigenvalue weighted by Crippen LogP contribution is -2.13. The normalized spacial score (nSPS) is 13.1. The summed E-state index contributed by atoms with van der Waals surface area (Å²) in [5.41, 5.74) is 1.98. The number of aliphatic hydroxyl groups excluding tert-OH is 1. The van der Waals surface area contributed by atoms with E-state index in [1.807, 2.05) is 0 Å². The van der Waals surface area contributed by atoms with Crippen LogP contribution in [0.5, 0.6) is 0 Å². The molecule has 2 aromatic carbocycles. The van der Waals surface area contributed by atoms with Crippen LogP contribution < -0.4 is 0 Å². The Morgan fingerprint density at radius 3 is 2.05 bits per heavy atom. The van der Waals surface area contributed by atoms with Gasteiger partial charge in [-0.1, -0.05) is 36.4 Å². The predicted molar refractivity (Wildman–Crippen MR) is 79.8 cm³/mol. The molecule has 112 valence electrons. The number of halogens is 1. The molecule has 0 aliphatic heterocycles. The molecule has 0 aromatic heterocycles. The Bertz CT molecular complexity index is 691. The minimum atomic E-state index is -3.38. The quantitative estimate of drug-likeness (QED) is 0.924. The summed E-state index contributed by atoms with van der Waals surface area (Å²) in [4.78, 5) is 0. The van der Waals surface area contributed by atoms with E-state index in [-0.39, 0.29) is 18.2 Å². The van der Waals surface area contributed by atoms with Crippen molar-refractivity contribution < 1.29 is 17.9 Å². The van der Waals surface area contributed by atoms with Crippen LogP contribution in [0.2, 0.25) is 0 Å². The second-order valence-corrected chi connectivity index (χ2v) is 7.30. The van der Waals surface area contributed by atoms with Crippen LogP contribution in [0.3, 0.4) is 0 Å². The molecule has 1 atom stereocenters. The first kappa shape index (κ1) is 15.7. The lowest BCUT2D eigenvalue weighted by Gasteiger charge is -2.13. The number of hydrogen-bond acceptors (Lipinski definition) is 3. The van der Waals surface area contributed by atoms with Gasteiger partial charge in [-0.2, -0.15) is 0 Å². The average Bonchev–Trinajstić information content (AvgIpc) is 2.48. The van der Waals surface area contributed by atoms with Crippen molar-refractivity contribution in [1.29, 1.82) is 0 Å². The minimum Gasteiger partial charge on any atom is -0.392 e. The Balaban J connectivity index is 2.18. The second-order valence-electron chi connectivity index (χ2n) is 4.98. The van der Waals surface area contributed by atoms with Crippen LogP contribution in [0.25, 0.3) is 0 Å². The molecule has 0 aliphatic rings. The van der Waals surface area contributed by atoms with Crippen molar-refractivity contribution in [3.8, 4) is 0 Å². The Kier molecular flexibility index (Phi) is 4.75. The molecule has 1 N–H and O–H groups in total. The predicted octanol–water partition coefficient (Wildman–Crippen LogP) is 2.99. The summed E-state index contributed by atoms with van der Waals surface area (Å²) < 4.78 is 37.7. The van der Waals surface area contributed by atoms with Crippen molar-refractivity contribution >= 4 is 9.84 Å². The number of rotatable bonds is 5. The third-order valence-electron chi connectivity index (χ3n) is 3.45. The van der Waals surface area contributed by atoms with Crippen molar-refractivity contribution in [1.82, 2.24) is 0 Å². The van der Waals surface area contributed by atoms with Crippen molar-refractivity contribution in [2.75, 3.05) is 0 Å². The molecule has 0 aliphatic carbocycles. The van der Waals surface area contributed by atoms with Gasteiger partial charge in [0.1, 0.15) is 5.82 Å². The highest BCUT2D eigenvalue weighted by molar-refractivity contribution is 7.90. The first-order chi connectivity index (χ1) is 9.92. The van der Waals surface area contributed by atoms with Crippen LogP contribution in [0.1, 0.15) is 28.9 Å². The van der Waals surface area contributed by atoms with E-state index in [1.54, 1.807) is 31.2 Å². The van der Waals surface area contributed by atoms with E-state index in [1.165, 1.54) is 24.3 Å². The summed E-state index contributed by atoms with van der Waals surface area (Å²) in [6, 6.07) is 12.3. The summed E-state index contributed by atoms with van der Waals surface area (Å²) in [7, 11) is -3.38. The highest BCUT2D eigenvalue weighted by Gasteiger charge is 2.23. The summed E-state index contributed by atoms with van der Waals surface area (Å²) in [5, 5.41) is 8.27. The molecule has 0 radical (unpaired) electrons. The van der Waals surface area contributed by atoms with E-state index in [2.05, 4.69) is 0 Å². The van der Waals surface area contributed by atoms with E-state index in [0.717, 1.165) is 5.56 Å². The fraction of sp³-hybridized carbons (Fsp3) is 0.250. The maximum absolute atomic E-state index is 12.9. The molecule has 2 aromatic rings. The fourth-order valence-electron chi connectivity index (χ4n) is 2.04. The Hall–Kier alpha value is -1.72. The SMILES string of the molecule is CC(c1ccc(F)cc1)S(=O)(=O)Cc1ccc(CO)cc1. The zero-order chi connectivity index (χ0) is 15.5. The summed E-state index contributed by atoms with van der Waals surface area (Å²) in [6.07, 6.45) is 0. The maximum atomic E-state index is 12.9. The first-order valence-corrected chi connectivity index (χ1v) is 8.29. The van der Waals surface area contributed by atoms with Gasteiger partial charge in [0.05, 0.1) is 17.6 Å². The highest BCUT2D eigenvalue weighted by Crippen LogP contribution is 2.25. The molecule has 0 saturated carbocycles. The lowest BCUT2D eigenvalue weighted by molar-refractivity contribution is 0.282. The van der Waals surface area contributed by atoms with Crippen molar-refractivity contribution in [2.45, 2.75) is 24.5 Å². The summed E-state index contributed by atoms with van der Waals surface area (Å²) in [5.74, 6) is -0.472. The largest absolute Gasteiger partial charge is 0.392 e. The van der Waals surface area contributed by atoms with Gasteiger partial charge in [-0.15, -0.1) is 0 Å². The van der Waals surface area contributed by atoms with Crippen LogP contribution in [-0.4, -0.2) is 13.5 Å². The van der Waals surface area contributed by atoms with Crippen LogP contribution in [-0.2, 0) is 22.2 Å². The molecule has 0 amide bonds. The van der Waals surface area contributed by atoms with E-state index < -0.39 is 15.1 Å². The van der Waals surface area contributed by atoms with E-state index in [9.17, 15) is 12.8 Å². The smallest absolute Gasteiger partial charge is 0.161 e. The van der Waals surface area contributed by atoms with Crippen LogP contribution >= 0.6 is 0 Å². The van der Waals surface area contributed by atoms with Crippen molar-refractivity contribution in [3.63, 3.8) is 0 Å². The van der Waals surface area contributed by atoms with Crippen LogP contribution in [0.4, 0.5) is 4.39 Å². The van der Waals surface area contributed by atoms with Gasteiger partial charge >= 0.3 is 0 Å². The van der Waals surface area contributed by atoms with Gasteiger partial charge in [0, 0.05) is 0 Å². The van der Waals surface area contributed by atoms with E-state index >= 15 is 0 Å². The van der Waals surface area contributed by atoms with Gasteiger partial charge in [0.15, 0.2) is 9.84 Å². The zero-order valence-corrected chi connectivity index (χ0v) is 12.5. The molecule has 21 heavy (non-hydrogen) atoms. The highest BCUT2D eigenvalue weighted by atomic mass is 32.2. The Morgan fingerprint density at radius 2 is 1.52 bits per heavy atom. The molecule has 3 nitrogen and oxygen atoms in total. The van der Waals surface area contributed by atoms with Gasteiger partial charge < -0.3 is 5.11 Å². The fourth-order valence-corrected chi connectivity index (χ4v) is 3.52. The molecule has 1 unspecified atom stereocenters. The van der Waals surface area contributed by atoms with Crippen molar-refractivity contribution in [3.05, 3.63) is 71.0 Å². The first-order valence-electron chi connectivity index (χ1n) is 6.58. The lowest BCUT2D eigenvalue weighted by atomic mass is 10.2. The molecule has 5 heteroatoms. The summed E-state index contributed by atoms with van der Waals surface area (Å²) >= 11 is 0. The molecule has 2 rings (SSSR count). The minimum absolute atomic E-state index is 0.0704. The van der Waals surface area contributed by atoms with Crippen molar-refractivity contribution in [2.24, 2.45) is 0 Å². The van der Waals surface area contributed by atoms with Gasteiger partial charge in [-0.3, -0.25) is 0 Å². The molecule has 0 heterocycles. The number of hydrogen-bond donors (Lipinski definition) is 1. The monoisotopic (exact) mass is 308 g/mol. The van der Waals surface area contributed by atoms with Crippen LogP contribution in [0.15, 0.2) is 48.5 Å².